The molecule has 1 N–H and O–H groups in total. The molecule has 6 nitrogen and oxygen atoms in total. The quantitative estimate of drug-likeness (QED) is 0.714. The monoisotopic (exact) mass is 367 g/mol. The zero-order valence-electron chi connectivity index (χ0n) is 16.1. The van der Waals surface area contributed by atoms with Gasteiger partial charge in [0.05, 0.1) is 5.52 Å². The number of hydrogen-bond donors (Lipinski definition) is 1. The molecular formula is C21H25N3O3. The van der Waals surface area contributed by atoms with Crippen LogP contribution in [-0.2, 0) is 4.79 Å². The molecule has 1 heterocycles. The van der Waals surface area contributed by atoms with Crippen LogP contribution in [0.5, 0.6) is 0 Å². The van der Waals surface area contributed by atoms with Crippen LogP contribution < -0.4 is 16.0 Å². The van der Waals surface area contributed by atoms with Gasteiger partial charge in [0.2, 0.25) is 5.91 Å². The van der Waals surface area contributed by atoms with E-state index in [1.165, 1.54) is 4.57 Å². The summed E-state index contributed by atoms with van der Waals surface area (Å²) in [7, 11) is 0. The molecule has 0 bridgehead atoms. The van der Waals surface area contributed by atoms with Crippen molar-refractivity contribution < 1.29 is 9.21 Å². The van der Waals surface area contributed by atoms with Crippen molar-refractivity contribution in [3.8, 4) is 0 Å². The minimum atomic E-state index is -0.691. The van der Waals surface area contributed by atoms with Gasteiger partial charge in [-0.15, -0.1) is 0 Å². The second-order valence-corrected chi connectivity index (χ2v) is 6.80. The Labute approximate surface area is 158 Å². The Morgan fingerprint density at radius 1 is 1.11 bits per heavy atom. The van der Waals surface area contributed by atoms with Crippen molar-refractivity contribution in [3.63, 3.8) is 0 Å². The topological polar surface area (TPSA) is 67.5 Å². The molecule has 2 aromatic carbocycles. The lowest BCUT2D eigenvalue weighted by Gasteiger charge is -2.27. The zero-order chi connectivity index (χ0) is 19.6. The maximum absolute atomic E-state index is 12.7. The predicted octanol–water partition coefficient (Wildman–Crippen LogP) is 4.03. The van der Waals surface area contributed by atoms with Crippen molar-refractivity contribution in [1.82, 2.24) is 4.57 Å². The van der Waals surface area contributed by atoms with Crippen molar-refractivity contribution >= 4 is 28.4 Å². The number of amides is 1. The Kier molecular flexibility index (Phi) is 5.35. The second-order valence-electron chi connectivity index (χ2n) is 6.80. The van der Waals surface area contributed by atoms with Gasteiger partial charge in [0.25, 0.3) is 0 Å². The normalized spacial score (nSPS) is 12.3. The van der Waals surface area contributed by atoms with E-state index in [4.69, 9.17) is 4.42 Å². The summed E-state index contributed by atoms with van der Waals surface area (Å²) in [4.78, 5) is 27.1. The van der Waals surface area contributed by atoms with Crippen molar-refractivity contribution in [2.24, 2.45) is 0 Å². The number of nitrogens with one attached hydrogen (secondary N) is 1. The largest absolute Gasteiger partial charge is 0.420 e. The highest BCUT2D eigenvalue weighted by Gasteiger charge is 2.21. The molecule has 0 aliphatic carbocycles. The van der Waals surface area contributed by atoms with Crippen LogP contribution in [-0.4, -0.2) is 23.1 Å². The van der Waals surface area contributed by atoms with E-state index in [1.807, 2.05) is 30.3 Å². The number of fused-ring (bicyclic) bond motifs is 1. The average molecular weight is 367 g/mol. The van der Waals surface area contributed by atoms with Crippen LogP contribution in [0.4, 0.5) is 11.4 Å². The summed E-state index contributed by atoms with van der Waals surface area (Å²) in [6.07, 6.45) is 0. The van der Waals surface area contributed by atoms with Gasteiger partial charge in [-0.05, 0) is 64.1 Å². The molecule has 1 unspecified atom stereocenters. The minimum absolute atomic E-state index is 0.271. The molecule has 1 amide bonds. The summed E-state index contributed by atoms with van der Waals surface area (Å²) in [5.74, 6) is -0.808. The maximum Gasteiger partial charge on any atom is 0.420 e. The van der Waals surface area contributed by atoms with Crippen LogP contribution in [0.3, 0.4) is 0 Å². The first-order chi connectivity index (χ1) is 12.9. The number of anilines is 2. The lowest BCUT2D eigenvalue weighted by Crippen LogP contribution is -2.30. The third-order valence-electron chi connectivity index (χ3n) is 4.72. The standard InChI is InChI=1S/C21H25N3O3/c1-5-23(14(2)3)17-12-10-16(11-13-17)22-20(25)15(4)24-18-8-6-7-9-19(18)27-21(24)26/h6-15H,5H2,1-4H3,(H,22,25). The van der Waals surface area contributed by atoms with E-state index in [0.717, 1.165) is 12.2 Å². The van der Waals surface area contributed by atoms with Gasteiger partial charge < -0.3 is 14.6 Å². The molecule has 6 heteroatoms. The molecule has 0 fully saturated rings. The number of carbonyl (C=O) groups excluding carboxylic acids is 1. The maximum atomic E-state index is 12.7. The van der Waals surface area contributed by atoms with Gasteiger partial charge in [0.15, 0.2) is 5.58 Å². The Bertz CT molecular complexity index is 986. The number of nitrogens with zero attached hydrogens (tertiary/aromatic N) is 2. The molecule has 3 aromatic rings. The number of rotatable bonds is 6. The fraction of sp³-hybridized carbons (Fsp3) is 0.333. The first kappa shape index (κ1) is 18.8. The van der Waals surface area contributed by atoms with E-state index < -0.39 is 11.8 Å². The summed E-state index contributed by atoms with van der Waals surface area (Å²) in [6.45, 7) is 9.01. The minimum Gasteiger partial charge on any atom is -0.408 e. The second kappa shape index (κ2) is 7.70. The smallest absolute Gasteiger partial charge is 0.408 e. The van der Waals surface area contributed by atoms with Gasteiger partial charge in [0.1, 0.15) is 6.04 Å². The van der Waals surface area contributed by atoms with E-state index in [-0.39, 0.29) is 5.91 Å². The van der Waals surface area contributed by atoms with E-state index >= 15 is 0 Å². The Balaban J connectivity index is 1.78. The first-order valence-electron chi connectivity index (χ1n) is 9.20. The number of carbonyl (C=O) groups is 1. The molecule has 0 saturated carbocycles. The molecule has 0 aliphatic rings. The molecule has 0 saturated heterocycles. The Hall–Kier alpha value is -3.02. The Morgan fingerprint density at radius 3 is 2.41 bits per heavy atom. The van der Waals surface area contributed by atoms with Crippen molar-refractivity contribution in [3.05, 3.63) is 59.1 Å². The highest BCUT2D eigenvalue weighted by molar-refractivity contribution is 5.94. The number of benzene rings is 2. The summed E-state index contributed by atoms with van der Waals surface area (Å²) in [5.41, 5.74) is 2.88. The third-order valence-corrected chi connectivity index (χ3v) is 4.72. The van der Waals surface area contributed by atoms with Crippen LogP contribution in [0.2, 0.25) is 0 Å². The van der Waals surface area contributed by atoms with Gasteiger partial charge in [0, 0.05) is 24.0 Å². The van der Waals surface area contributed by atoms with Crippen LogP contribution in [0.15, 0.2) is 57.7 Å². The van der Waals surface area contributed by atoms with E-state index in [2.05, 4.69) is 31.0 Å². The summed E-state index contributed by atoms with van der Waals surface area (Å²) in [6, 6.07) is 14.5. The van der Waals surface area contributed by atoms with Crippen LogP contribution in [0, 0.1) is 0 Å². The van der Waals surface area contributed by atoms with Crippen LogP contribution >= 0.6 is 0 Å². The van der Waals surface area contributed by atoms with Gasteiger partial charge in [-0.3, -0.25) is 9.36 Å². The lowest BCUT2D eigenvalue weighted by molar-refractivity contribution is -0.118. The molecule has 1 atom stereocenters. The van der Waals surface area contributed by atoms with E-state index in [9.17, 15) is 9.59 Å². The van der Waals surface area contributed by atoms with E-state index in [1.54, 1.807) is 25.1 Å². The fourth-order valence-corrected chi connectivity index (χ4v) is 3.30. The Morgan fingerprint density at radius 2 is 1.78 bits per heavy atom. The SMILES string of the molecule is CCN(c1ccc(NC(=O)C(C)n2c(=O)oc3ccccc32)cc1)C(C)C. The number of oxazole rings is 1. The highest BCUT2D eigenvalue weighted by atomic mass is 16.4. The van der Waals surface area contributed by atoms with Crippen LogP contribution in [0.25, 0.3) is 11.1 Å². The number of hydrogen-bond acceptors (Lipinski definition) is 4. The highest BCUT2D eigenvalue weighted by Crippen LogP contribution is 2.22. The number of para-hydroxylation sites is 2. The summed E-state index contributed by atoms with van der Waals surface area (Å²) >= 11 is 0. The molecular weight excluding hydrogens is 342 g/mol. The predicted molar refractivity (Wildman–Crippen MR) is 108 cm³/mol. The van der Waals surface area contributed by atoms with Crippen molar-refractivity contribution in [2.75, 3.05) is 16.8 Å². The zero-order valence-corrected chi connectivity index (χ0v) is 16.1. The van der Waals surface area contributed by atoms with E-state index in [0.29, 0.717) is 22.8 Å². The average Bonchev–Trinajstić information content (AvgIpc) is 2.98. The lowest BCUT2D eigenvalue weighted by atomic mass is 10.2. The van der Waals surface area contributed by atoms with Crippen LogP contribution in [0.1, 0.15) is 33.7 Å². The van der Waals surface area contributed by atoms with Gasteiger partial charge >= 0.3 is 5.76 Å². The van der Waals surface area contributed by atoms with Gasteiger partial charge in [-0.25, -0.2) is 4.79 Å². The third kappa shape index (κ3) is 3.74. The first-order valence-corrected chi connectivity index (χ1v) is 9.20. The molecule has 3 rings (SSSR count). The van der Waals surface area contributed by atoms with Crippen molar-refractivity contribution in [2.45, 2.75) is 39.8 Å². The molecule has 0 aliphatic heterocycles. The molecule has 0 spiro atoms. The van der Waals surface area contributed by atoms with Gasteiger partial charge in [-0.1, -0.05) is 12.1 Å². The van der Waals surface area contributed by atoms with Gasteiger partial charge in [-0.2, -0.15) is 0 Å². The molecule has 0 radical (unpaired) electrons. The summed E-state index contributed by atoms with van der Waals surface area (Å²) < 4.78 is 6.59. The molecule has 1 aromatic heterocycles. The van der Waals surface area contributed by atoms with Crippen molar-refractivity contribution in [1.29, 1.82) is 0 Å². The molecule has 142 valence electrons. The fourth-order valence-electron chi connectivity index (χ4n) is 3.30. The molecule has 27 heavy (non-hydrogen) atoms. The summed E-state index contributed by atoms with van der Waals surface area (Å²) in [5, 5.41) is 2.88. The number of aromatic nitrogens is 1.